The molecule has 5 heteroatoms. The molecule has 0 radical (unpaired) electrons. The van der Waals surface area contributed by atoms with Gasteiger partial charge in [-0.25, -0.2) is 0 Å². The summed E-state index contributed by atoms with van der Waals surface area (Å²) < 4.78 is 5.60. The van der Waals surface area contributed by atoms with Crippen LogP contribution in [0.3, 0.4) is 0 Å². The van der Waals surface area contributed by atoms with Crippen LogP contribution < -0.4 is 5.32 Å². The number of likely N-dealkylation sites (tertiary alicyclic amines) is 1. The number of guanidine groups is 1. The van der Waals surface area contributed by atoms with Gasteiger partial charge in [0.05, 0.1) is 6.61 Å². The van der Waals surface area contributed by atoms with E-state index in [-0.39, 0.29) is 0 Å². The van der Waals surface area contributed by atoms with Gasteiger partial charge in [0.15, 0.2) is 5.96 Å². The van der Waals surface area contributed by atoms with Crippen LogP contribution in [-0.4, -0.2) is 75.3 Å². The summed E-state index contributed by atoms with van der Waals surface area (Å²) in [6.45, 7) is 10.6. The van der Waals surface area contributed by atoms with Crippen LogP contribution in [0.25, 0.3) is 0 Å². The number of hydrogen-bond acceptors (Lipinski definition) is 3. The third-order valence-corrected chi connectivity index (χ3v) is 5.23. The normalized spacial score (nSPS) is 27.9. The fourth-order valence-electron chi connectivity index (χ4n) is 3.30. The Balaban J connectivity index is 1.76. The van der Waals surface area contributed by atoms with E-state index in [1.165, 1.54) is 19.3 Å². The zero-order valence-electron chi connectivity index (χ0n) is 14.2. The van der Waals surface area contributed by atoms with Crippen LogP contribution in [0.5, 0.6) is 0 Å². The molecule has 2 aliphatic rings. The highest BCUT2D eigenvalue weighted by Gasteiger charge is 2.42. The maximum Gasteiger partial charge on any atom is 0.193 e. The van der Waals surface area contributed by atoms with Gasteiger partial charge in [0.2, 0.25) is 0 Å². The van der Waals surface area contributed by atoms with Gasteiger partial charge in [0.1, 0.15) is 0 Å². The summed E-state index contributed by atoms with van der Waals surface area (Å²) in [7, 11) is 4.08. The van der Waals surface area contributed by atoms with Gasteiger partial charge >= 0.3 is 0 Å². The number of aliphatic imine (C=N–C) groups is 1. The Labute approximate surface area is 129 Å². The molecule has 0 aliphatic carbocycles. The van der Waals surface area contributed by atoms with E-state index in [1.807, 2.05) is 7.05 Å². The average molecular weight is 296 g/mol. The molecule has 2 unspecified atom stereocenters. The van der Waals surface area contributed by atoms with Gasteiger partial charge in [-0.15, -0.1) is 0 Å². The highest BCUT2D eigenvalue weighted by molar-refractivity contribution is 5.80. The van der Waals surface area contributed by atoms with Gasteiger partial charge in [-0.2, -0.15) is 0 Å². The molecule has 0 aromatic carbocycles. The monoisotopic (exact) mass is 296 g/mol. The van der Waals surface area contributed by atoms with Crippen molar-refractivity contribution in [1.29, 1.82) is 0 Å². The standard InChI is InChI=1S/C16H32N4O/c1-5-14(2)19(4)10-8-18-15(17-3)20-9-6-16(12-20)7-11-21-13-16/h14H,5-13H2,1-4H3,(H,17,18). The Kier molecular flexibility index (Phi) is 5.88. The molecule has 2 atom stereocenters. The largest absolute Gasteiger partial charge is 0.381 e. The molecule has 2 aliphatic heterocycles. The molecule has 21 heavy (non-hydrogen) atoms. The summed E-state index contributed by atoms with van der Waals surface area (Å²) in [5.41, 5.74) is 0.394. The van der Waals surface area contributed by atoms with Crippen LogP contribution >= 0.6 is 0 Å². The Morgan fingerprint density at radius 3 is 2.90 bits per heavy atom. The van der Waals surface area contributed by atoms with Crippen molar-refractivity contribution in [2.45, 2.75) is 39.2 Å². The molecule has 122 valence electrons. The number of hydrogen-bond donors (Lipinski definition) is 1. The molecular weight excluding hydrogens is 264 g/mol. The molecule has 1 N–H and O–H groups in total. The van der Waals surface area contributed by atoms with E-state index in [4.69, 9.17) is 4.74 Å². The third-order valence-electron chi connectivity index (χ3n) is 5.23. The fraction of sp³-hybridized carbons (Fsp3) is 0.938. The van der Waals surface area contributed by atoms with Crippen molar-refractivity contribution in [2.24, 2.45) is 10.4 Å². The minimum Gasteiger partial charge on any atom is -0.381 e. The Hall–Kier alpha value is -0.810. The lowest BCUT2D eigenvalue weighted by atomic mass is 9.87. The van der Waals surface area contributed by atoms with Gasteiger partial charge in [-0.1, -0.05) is 6.92 Å². The molecule has 2 fully saturated rings. The molecule has 0 saturated carbocycles. The summed E-state index contributed by atoms with van der Waals surface area (Å²) in [5.74, 6) is 1.05. The van der Waals surface area contributed by atoms with E-state index in [9.17, 15) is 0 Å². The van der Waals surface area contributed by atoms with Crippen molar-refractivity contribution in [3.63, 3.8) is 0 Å². The molecule has 5 nitrogen and oxygen atoms in total. The smallest absolute Gasteiger partial charge is 0.193 e. The lowest BCUT2D eigenvalue weighted by Crippen LogP contribution is -2.44. The first-order valence-corrected chi connectivity index (χ1v) is 8.34. The van der Waals surface area contributed by atoms with Gasteiger partial charge in [-0.05, 0) is 33.2 Å². The summed E-state index contributed by atoms with van der Waals surface area (Å²) in [4.78, 5) is 9.26. The van der Waals surface area contributed by atoms with Crippen molar-refractivity contribution in [3.05, 3.63) is 0 Å². The molecule has 0 aromatic rings. The summed E-state index contributed by atoms with van der Waals surface area (Å²) in [5, 5.41) is 3.52. The van der Waals surface area contributed by atoms with Crippen molar-refractivity contribution < 1.29 is 4.74 Å². The molecule has 1 spiro atoms. The van der Waals surface area contributed by atoms with Crippen molar-refractivity contribution in [3.8, 4) is 0 Å². The van der Waals surface area contributed by atoms with Crippen LogP contribution in [0.2, 0.25) is 0 Å². The third kappa shape index (κ3) is 4.10. The van der Waals surface area contributed by atoms with Crippen LogP contribution in [0.1, 0.15) is 33.1 Å². The summed E-state index contributed by atoms with van der Waals surface area (Å²) in [6, 6.07) is 0.638. The highest BCUT2D eigenvalue weighted by atomic mass is 16.5. The van der Waals surface area contributed by atoms with Crippen LogP contribution in [0.4, 0.5) is 0 Å². The van der Waals surface area contributed by atoms with E-state index >= 15 is 0 Å². The number of nitrogens with one attached hydrogen (secondary N) is 1. The predicted octanol–water partition coefficient (Wildman–Crippen LogP) is 1.40. The molecule has 2 heterocycles. The highest BCUT2D eigenvalue weighted by Crippen LogP contribution is 2.38. The molecule has 0 amide bonds. The zero-order chi connectivity index (χ0) is 15.3. The second-order valence-corrected chi connectivity index (χ2v) is 6.69. The Bertz CT molecular complexity index is 352. The number of ether oxygens (including phenoxy) is 1. The maximum absolute atomic E-state index is 5.60. The van der Waals surface area contributed by atoms with E-state index in [0.717, 1.165) is 45.4 Å². The first-order chi connectivity index (χ1) is 10.1. The quantitative estimate of drug-likeness (QED) is 0.615. The van der Waals surface area contributed by atoms with Crippen molar-refractivity contribution in [1.82, 2.24) is 15.1 Å². The van der Waals surface area contributed by atoms with Gasteiger partial charge < -0.3 is 19.9 Å². The lowest BCUT2D eigenvalue weighted by molar-refractivity contribution is 0.156. The summed E-state index contributed by atoms with van der Waals surface area (Å²) >= 11 is 0. The fourth-order valence-corrected chi connectivity index (χ4v) is 3.30. The number of likely N-dealkylation sites (N-methyl/N-ethyl adjacent to an activating group) is 1. The topological polar surface area (TPSA) is 40.1 Å². The van der Waals surface area contributed by atoms with Crippen molar-refractivity contribution >= 4 is 5.96 Å². The van der Waals surface area contributed by atoms with Gasteiger partial charge in [0, 0.05) is 51.3 Å². The molecule has 0 bridgehead atoms. The number of rotatable bonds is 5. The van der Waals surface area contributed by atoms with E-state index < -0.39 is 0 Å². The minimum atomic E-state index is 0.394. The van der Waals surface area contributed by atoms with Crippen LogP contribution in [0.15, 0.2) is 4.99 Å². The Morgan fingerprint density at radius 1 is 1.48 bits per heavy atom. The SMILES string of the molecule is CCC(C)N(C)CCNC(=NC)N1CCC2(CCOC2)C1. The maximum atomic E-state index is 5.60. The lowest BCUT2D eigenvalue weighted by Gasteiger charge is -2.27. The van der Waals surface area contributed by atoms with Crippen LogP contribution in [0, 0.1) is 5.41 Å². The molecule has 2 rings (SSSR count). The van der Waals surface area contributed by atoms with E-state index in [1.54, 1.807) is 0 Å². The predicted molar refractivity (Wildman–Crippen MR) is 87.8 cm³/mol. The Morgan fingerprint density at radius 2 is 2.29 bits per heavy atom. The second-order valence-electron chi connectivity index (χ2n) is 6.69. The van der Waals surface area contributed by atoms with E-state index in [0.29, 0.717) is 11.5 Å². The zero-order valence-corrected chi connectivity index (χ0v) is 14.2. The first kappa shape index (κ1) is 16.6. The molecule has 2 saturated heterocycles. The molecule has 0 aromatic heterocycles. The van der Waals surface area contributed by atoms with Gasteiger partial charge in [-0.3, -0.25) is 4.99 Å². The van der Waals surface area contributed by atoms with Gasteiger partial charge in [0.25, 0.3) is 0 Å². The summed E-state index contributed by atoms with van der Waals surface area (Å²) in [6.07, 6.45) is 3.64. The van der Waals surface area contributed by atoms with Crippen LogP contribution in [-0.2, 0) is 4.74 Å². The second kappa shape index (κ2) is 7.45. The average Bonchev–Trinajstić information content (AvgIpc) is 3.13. The van der Waals surface area contributed by atoms with Crippen molar-refractivity contribution in [2.75, 3.05) is 53.5 Å². The number of nitrogens with zero attached hydrogens (tertiary/aromatic N) is 3. The molecular formula is C16H32N4O. The minimum absolute atomic E-state index is 0.394. The van der Waals surface area contributed by atoms with E-state index in [2.05, 4.69) is 41.0 Å². The first-order valence-electron chi connectivity index (χ1n) is 8.34.